The number of nitrogens with zero attached hydrogens (tertiary/aromatic N) is 4. The second-order valence-electron chi connectivity index (χ2n) is 6.03. The Labute approximate surface area is 149 Å². The molecule has 0 saturated heterocycles. The summed E-state index contributed by atoms with van der Waals surface area (Å²) >= 11 is 0. The summed E-state index contributed by atoms with van der Waals surface area (Å²) in [5.41, 5.74) is 4.49. The summed E-state index contributed by atoms with van der Waals surface area (Å²) in [7, 11) is 0. The van der Waals surface area contributed by atoms with Gasteiger partial charge in [-0.25, -0.2) is 14.4 Å². The van der Waals surface area contributed by atoms with Crippen molar-refractivity contribution in [1.82, 2.24) is 19.4 Å². The maximum absolute atomic E-state index is 13.6. The van der Waals surface area contributed by atoms with E-state index in [1.807, 2.05) is 34.9 Å². The number of hydrogen-bond donors (Lipinski definition) is 0. The third-order valence-electron chi connectivity index (χ3n) is 4.19. The van der Waals surface area contributed by atoms with Crippen molar-refractivity contribution >= 4 is 11.4 Å². The molecule has 128 valence electrons. The molecule has 4 rings (SSSR count). The molecule has 0 atom stereocenters. The highest BCUT2D eigenvalue weighted by Crippen LogP contribution is 2.29. The molecule has 0 aliphatic rings. The average molecular weight is 346 g/mol. The second kappa shape index (κ2) is 6.15. The van der Waals surface area contributed by atoms with E-state index in [-0.39, 0.29) is 11.6 Å². The molecule has 0 saturated carbocycles. The van der Waals surface area contributed by atoms with Crippen molar-refractivity contribution in [3.8, 4) is 22.5 Å². The zero-order chi connectivity index (χ0) is 18.3. The zero-order valence-corrected chi connectivity index (χ0v) is 14.3. The molecule has 6 heteroatoms. The van der Waals surface area contributed by atoms with E-state index in [9.17, 15) is 9.18 Å². The lowest BCUT2D eigenvalue weighted by molar-refractivity contribution is 0.101. The first-order valence-corrected chi connectivity index (χ1v) is 8.11. The van der Waals surface area contributed by atoms with Crippen molar-refractivity contribution in [2.45, 2.75) is 13.8 Å². The van der Waals surface area contributed by atoms with Crippen LogP contribution in [0, 0.1) is 12.7 Å². The molecule has 4 aromatic heterocycles. The molecular formula is C20H15FN4O. The monoisotopic (exact) mass is 346 g/mol. The Bertz CT molecular complexity index is 1150. The van der Waals surface area contributed by atoms with Gasteiger partial charge in [0.15, 0.2) is 5.78 Å². The van der Waals surface area contributed by atoms with Crippen LogP contribution in [0.5, 0.6) is 0 Å². The van der Waals surface area contributed by atoms with Gasteiger partial charge in [-0.15, -0.1) is 0 Å². The fourth-order valence-electron chi connectivity index (χ4n) is 2.84. The van der Waals surface area contributed by atoms with Gasteiger partial charge in [0.1, 0.15) is 17.2 Å². The number of carbonyl (C=O) groups is 1. The van der Waals surface area contributed by atoms with Crippen molar-refractivity contribution in [2.24, 2.45) is 0 Å². The Balaban J connectivity index is 1.87. The van der Waals surface area contributed by atoms with Crippen LogP contribution >= 0.6 is 0 Å². The molecule has 0 spiro atoms. The second-order valence-corrected chi connectivity index (χ2v) is 6.03. The number of fused-ring (bicyclic) bond motifs is 1. The summed E-state index contributed by atoms with van der Waals surface area (Å²) in [5, 5.41) is 0. The number of pyridine rings is 3. The minimum Gasteiger partial charge on any atom is -0.306 e. The first-order valence-electron chi connectivity index (χ1n) is 8.11. The summed E-state index contributed by atoms with van der Waals surface area (Å²) < 4.78 is 15.4. The van der Waals surface area contributed by atoms with Gasteiger partial charge >= 0.3 is 0 Å². The van der Waals surface area contributed by atoms with Gasteiger partial charge in [0.25, 0.3) is 0 Å². The van der Waals surface area contributed by atoms with Crippen molar-refractivity contribution in [3.05, 3.63) is 72.2 Å². The maximum Gasteiger partial charge on any atom is 0.179 e. The van der Waals surface area contributed by atoms with Crippen LogP contribution in [0.3, 0.4) is 0 Å². The molecular weight excluding hydrogens is 331 g/mol. The predicted octanol–water partition coefficient (Wildman–Crippen LogP) is 4.11. The topological polar surface area (TPSA) is 60.2 Å². The van der Waals surface area contributed by atoms with Crippen molar-refractivity contribution < 1.29 is 9.18 Å². The van der Waals surface area contributed by atoms with Crippen LogP contribution in [0.15, 0.2) is 55.0 Å². The van der Waals surface area contributed by atoms with Crippen LogP contribution in [-0.4, -0.2) is 25.1 Å². The molecule has 0 unspecified atom stereocenters. The summed E-state index contributed by atoms with van der Waals surface area (Å²) in [6.45, 7) is 3.12. The molecule has 4 heterocycles. The standard InChI is InChI=1S/C20H15FN4O/c1-12-16(21)6-7-17(23-12)20-15(4-3-9-22-20)14-5-8-19-24-18(13(2)26)11-25(19)10-14/h3-11H,1-2H3. The Hall–Kier alpha value is -3.41. The third-order valence-corrected chi connectivity index (χ3v) is 4.19. The number of Topliss-reactive ketones (excluding diaryl/α,β-unsaturated/α-hetero) is 1. The largest absolute Gasteiger partial charge is 0.306 e. The molecule has 26 heavy (non-hydrogen) atoms. The van der Waals surface area contributed by atoms with Crippen molar-refractivity contribution in [1.29, 1.82) is 0 Å². The van der Waals surface area contributed by atoms with Gasteiger partial charge in [-0.3, -0.25) is 9.78 Å². The van der Waals surface area contributed by atoms with Crippen molar-refractivity contribution in [2.75, 3.05) is 0 Å². The molecule has 0 bridgehead atoms. The van der Waals surface area contributed by atoms with Gasteiger partial charge in [-0.05, 0) is 37.3 Å². The van der Waals surface area contributed by atoms with E-state index < -0.39 is 0 Å². The summed E-state index contributed by atoms with van der Waals surface area (Å²) in [6, 6.07) is 10.6. The molecule has 0 amide bonds. The Morgan fingerprint density at radius 2 is 1.92 bits per heavy atom. The Kier molecular flexibility index (Phi) is 3.80. The van der Waals surface area contributed by atoms with Crippen LogP contribution < -0.4 is 0 Å². The van der Waals surface area contributed by atoms with E-state index in [1.165, 1.54) is 13.0 Å². The molecule has 0 aromatic carbocycles. The number of hydrogen-bond acceptors (Lipinski definition) is 4. The third kappa shape index (κ3) is 2.75. The average Bonchev–Trinajstić information content (AvgIpc) is 3.08. The first kappa shape index (κ1) is 16.1. The molecule has 0 aliphatic heterocycles. The predicted molar refractivity (Wildman–Crippen MR) is 96.4 cm³/mol. The minimum atomic E-state index is -0.345. The number of rotatable bonds is 3. The Morgan fingerprint density at radius 3 is 2.69 bits per heavy atom. The fourth-order valence-corrected chi connectivity index (χ4v) is 2.84. The number of halogens is 1. The van der Waals surface area contributed by atoms with E-state index in [0.717, 1.165) is 11.1 Å². The summed E-state index contributed by atoms with van der Waals surface area (Å²) in [4.78, 5) is 24.6. The Morgan fingerprint density at radius 1 is 1.08 bits per heavy atom. The normalized spacial score (nSPS) is 11.0. The molecule has 4 aromatic rings. The SMILES string of the molecule is CC(=O)c1cn2cc(-c3cccnc3-c3ccc(F)c(C)n3)ccc2n1. The van der Waals surface area contributed by atoms with E-state index in [2.05, 4.69) is 15.0 Å². The lowest BCUT2D eigenvalue weighted by Crippen LogP contribution is -1.96. The number of carbonyl (C=O) groups excluding carboxylic acids is 1. The molecule has 0 aliphatic carbocycles. The fraction of sp³-hybridized carbons (Fsp3) is 0.100. The van der Waals surface area contributed by atoms with E-state index in [0.29, 0.717) is 28.4 Å². The molecule has 0 N–H and O–H groups in total. The number of imidazole rings is 1. The smallest absolute Gasteiger partial charge is 0.179 e. The van der Waals surface area contributed by atoms with Crippen LogP contribution in [-0.2, 0) is 0 Å². The van der Waals surface area contributed by atoms with Crippen LogP contribution in [0.2, 0.25) is 0 Å². The maximum atomic E-state index is 13.6. The number of ketones is 1. The molecule has 5 nitrogen and oxygen atoms in total. The molecule has 0 fully saturated rings. The molecule has 0 radical (unpaired) electrons. The van der Waals surface area contributed by atoms with Gasteiger partial charge in [-0.1, -0.05) is 6.07 Å². The highest BCUT2D eigenvalue weighted by Gasteiger charge is 2.13. The van der Waals surface area contributed by atoms with Crippen LogP contribution in [0.25, 0.3) is 28.2 Å². The summed E-state index contributed by atoms with van der Waals surface area (Å²) in [5.74, 6) is -0.425. The lowest BCUT2D eigenvalue weighted by atomic mass is 10.0. The van der Waals surface area contributed by atoms with E-state index >= 15 is 0 Å². The van der Waals surface area contributed by atoms with Crippen molar-refractivity contribution in [3.63, 3.8) is 0 Å². The van der Waals surface area contributed by atoms with Gasteiger partial charge in [0.2, 0.25) is 0 Å². The zero-order valence-electron chi connectivity index (χ0n) is 14.3. The van der Waals surface area contributed by atoms with E-state index in [4.69, 9.17) is 0 Å². The highest BCUT2D eigenvalue weighted by molar-refractivity contribution is 5.92. The quantitative estimate of drug-likeness (QED) is 0.524. The van der Waals surface area contributed by atoms with Gasteiger partial charge in [0, 0.05) is 36.6 Å². The number of aryl methyl sites for hydroxylation is 1. The first-order chi connectivity index (χ1) is 12.5. The van der Waals surface area contributed by atoms with Crippen LogP contribution in [0.1, 0.15) is 23.1 Å². The van der Waals surface area contributed by atoms with E-state index in [1.54, 1.807) is 25.4 Å². The number of aromatic nitrogens is 4. The highest BCUT2D eigenvalue weighted by atomic mass is 19.1. The minimum absolute atomic E-state index is 0.0803. The van der Waals surface area contributed by atoms with Gasteiger partial charge < -0.3 is 4.40 Å². The summed E-state index contributed by atoms with van der Waals surface area (Å²) in [6.07, 6.45) is 5.28. The van der Waals surface area contributed by atoms with Gasteiger partial charge in [-0.2, -0.15) is 0 Å². The van der Waals surface area contributed by atoms with Gasteiger partial charge in [0.05, 0.1) is 17.1 Å². The lowest BCUT2D eigenvalue weighted by Gasteiger charge is -2.09. The van der Waals surface area contributed by atoms with Crippen LogP contribution in [0.4, 0.5) is 4.39 Å².